The van der Waals surface area contributed by atoms with Crippen LogP contribution in [0.2, 0.25) is 0 Å². The smallest absolute Gasteiger partial charge is 0.335 e. The minimum atomic E-state index is -0.694. The summed E-state index contributed by atoms with van der Waals surface area (Å²) in [7, 11) is 0. The number of nitro groups is 1. The van der Waals surface area contributed by atoms with Crippen LogP contribution in [0.3, 0.4) is 0 Å². The molecular weight excluding hydrogens is 230 g/mol. The van der Waals surface area contributed by atoms with Gasteiger partial charge in [-0.05, 0) is 23.7 Å². The fourth-order valence-electron chi connectivity index (χ4n) is 1.21. The van der Waals surface area contributed by atoms with E-state index in [1.54, 1.807) is 24.3 Å². The number of H-pyrrole nitrogens is 1. The van der Waals surface area contributed by atoms with Gasteiger partial charge in [-0.15, -0.1) is 0 Å². The molecular formula is C9H7N3O3S. The number of nitrogens with zero attached hydrogens (tertiary/aromatic N) is 1. The zero-order valence-corrected chi connectivity index (χ0v) is 8.78. The van der Waals surface area contributed by atoms with E-state index in [9.17, 15) is 14.9 Å². The lowest BCUT2D eigenvalue weighted by atomic mass is 10.3. The fourth-order valence-corrected chi connectivity index (χ4v) is 1.83. The SMILES string of the molecule is O=c1s[nH]c(Nc2ccccc2)c1[N+](=O)[O-]. The third kappa shape index (κ3) is 1.94. The summed E-state index contributed by atoms with van der Waals surface area (Å²) in [4.78, 5) is 21.1. The molecule has 0 aliphatic rings. The lowest BCUT2D eigenvalue weighted by molar-refractivity contribution is -0.384. The van der Waals surface area contributed by atoms with Crippen LogP contribution in [-0.4, -0.2) is 9.30 Å². The molecule has 1 aromatic carbocycles. The molecule has 0 fully saturated rings. The molecule has 2 rings (SSSR count). The number of aromatic amines is 1. The Labute approximate surface area is 93.9 Å². The molecule has 82 valence electrons. The van der Waals surface area contributed by atoms with E-state index < -0.39 is 15.4 Å². The number of rotatable bonds is 3. The number of anilines is 2. The van der Waals surface area contributed by atoms with Gasteiger partial charge in [0.25, 0.3) is 0 Å². The van der Waals surface area contributed by atoms with Gasteiger partial charge in [-0.2, -0.15) is 0 Å². The molecule has 1 aromatic heterocycles. The van der Waals surface area contributed by atoms with Crippen LogP contribution in [0, 0.1) is 10.1 Å². The molecule has 2 N–H and O–H groups in total. The summed E-state index contributed by atoms with van der Waals surface area (Å²) < 4.78 is 1.99. The Kier molecular flexibility index (Phi) is 2.69. The summed E-state index contributed by atoms with van der Waals surface area (Å²) in [6.45, 7) is 0. The summed E-state index contributed by atoms with van der Waals surface area (Å²) in [5.41, 5.74) is 0.230. The predicted octanol–water partition coefficient (Wildman–Crippen LogP) is 2.09. The number of hydrogen-bond acceptors (Lipinski definition) is 5. The van der Waals surface area contributed by atoms with Crippen LogP contribution in [0.4, 0.5) is 17.2 Å². The van der Waals surface area contributed by atoms with E-state index in [4.69, 9.17) is 0 Å². The Bertz CT molecular complexity index is 561. The van der Waals surface area contributed by atoms with Gasteiger partial charge in [0.2, 0.25) is 5.82 Å². The molecule has 1 heterocycles. The van der Waals surface area contributed by atoms with Gasteiger partial charge < -0.3 is 5.32 Å². The third-order valence-electron chi connectivity index (χ3n) is 1.90. The second-order valence-electron chi connectivity index (χ2n) is 2.96. The average molecular weight is 237 g/mol. The first kappa shape index (κ1) is 10.4. The van der Waals surface area contributed by atoms with Crippen LogP contribution in [0.5, 0.6) is 0 Å². The first-order chi connectivity index (χ1) is 7.68. The van der Waals surface area contributed by atoms with Gasteiger partial charge in [0.1, 0.15) is 0 Å². The van der Waals surface area contributed by atoms with Crippen molar-refractivity contribution in [2.45, 2.75) is 0 Å². The van der Waals surface area contributed by atoms with Gasteiger partial charge in [-0.25, -0.2) is 0 Å². The van der Waals surface area contributed by atoms with Crippen LogP contribution in [0.1, 0.15) is 0 Å². The summed E-state index contributed by atoms with van der Waals surface area (Å²) in [5.74, 6) is 0.117. The Balaban J connectivity index is 2.36. The van der Waals surface area contributed by atoms with Crippen molar-refractivity contribution in [3.05, 3.63) is 50.0 Å². The van der Waals surface area contributed by atoms with Crippen LogP contribution >= 0.6 is 11.5 Å². The Morgan fingerprint density at radius 2 is 2.00 bits per heavy atom. The third-order valence-corrected chi connectivity index (χ3v) is 2.59. The van der Waals surface area contributed by atoms with Gasteiger partial charge in [0.05, 0.1) is 4.92 Å². The molecule has 0 amide bonds. The monoisotopic (exact) mass is 237 g/mol. The molecule has 16 heavy (non-hydrogen) atoms. The second kappa shape index (κ2) is 4.15. The summed E-state index contributed by atoms with van der Waals surface area (Å²) in [6, 6.07) is 8.91. The zero-order chi connectivity index (χ0) is 11.5. The van der Waals surface area contributed by atoms with Crippen LogP contribution in [0.15, 0.2) is 35.1 Å². The highest BCUT2D eigenvalue weighted by molar-refractivity contribution is 7.03. The zero-order valence-electron chi connectivity index (χ0n) is 7.97. The van der Waals surface area contributed by atoms with E-state index in [0.29, 0.717) is 17.2 Å². The van der Waals surface area contributed by atoms with E-state index in [1.807, 2.05) is 6.07 Å². The highest BCUT2D eigenvalue weighted by atomic mass is 32.1. The topological polar surface area (TPSA) is 88.0 Å². The normalized spacial score (nSPS) is 10.0. The Hall–Kier alpha value is -2.15. The van der Waals surface area contributed by atoms with Gasteiger partial charge >= 0.3 is 10.4 Å². The van der Waals surface area contributed by atoms with Gasteiger partial charge in [-0.1, -0.05) is 18.2 Å². The fraction of sp³-hybridized carbons (Fsp3) is 0. The molecule has 7 heteroatoms. The minimum absolute atomic E-state index is 0.117. The van der Waals surface area contributed by atoms with Crippen LogP contribution in [-0.2, 0) is 0 Å². The molecule has 0 bridgehead atoms. The summed E-state index contributed by atoms with van der Waals surface area (Å²) >= 11 is 0.694. The van der Waals surface area contributed by atoms with Crippen molar-refractivity contribution in [3.8, 4) is 0 Å². The standard InChI is InChI=1S/C9H7N3O3S/c13-9-7(12(14)15)8(11-16-9)10-6-4-2-1-3-5-6/h1-5,10-11H. The molecule has 0 saturated heterocycles. The first-order valence-electron chi connectivity index (χ1n) is 4.36. The Morgan fingerprint density at radius 1 is 1.31 bits per heavy atom. The lowest BCUT2D eigenvalue weighted by Crippen LogP contribution is -2.02. The number of nitrogens with one attached hydrogen (secondary N) is 2. The first-order valence-corrected chi connectivity index (χ1v) is 5.18. The average Bonchev–Trinajstić information content (AvgIpc) is 2.61. The molecule has 6 nitrogen and oxygen atoms in total. The minimum Gasteiger partial charge on any atom is -0.335 e. The van der Waals surface area contributed by atoms with Crippen LogP contribution in [0.25, 0.3) is 0 Å². The van der Waals surface area contributed by atoms with Gasteiger partial charge in [-0.3, -0.25) is 19.3 Å². The maximum Gasteiger partial charge on any atom is 0.369 e. The summed E-state index contributed by atoms with van der Waals surface area (Å²) in [6.07, 6.45) is 0. The van der Waals surface area contributed by atoms with Gasteiger partial charge in [0, 0.05) is 5.69 Å². The highest BCUT2D eigenvalue weighted by Crippen LogP contribution is 2.23. The quantitative estimate of drug-likeness (QED) is 0.632. The molecule has 0 aliphatic heterocycles. The Morgan fingerprint density at radius 3 is 2.62 bits per heavy atom. The number of aromatic nitrogens is 1. The summed E-state index contributed by atoms with van der Waals surface area (Å²) in [5, 5.41) is 13.4. The molecule has 0 aliphatic carbocycles. The maximum absolute atomic E-state index is 11.2. The highest BCUT2D eigenvalue weighted by Gasteiger charge is 2.21. The number of hydrogen-bond donors (Lipinski definition) is 2. The van der Waals surface area contributed by atoms with Gasteiger partial charge in [0.15, 0.2) is 0 Å². The largest absolute Gasteiger partial charge is 0.369 e. The molecule has 0 radical (unpaired) electrons. The molecule has 0 unspecified atom stereocenters. The molecule has 0 atom stereocenters. The second-order valence-corrected chi connectivity index (χ2v) is 3.74. The van der Waals surface area contributed by atoms with E-state index in [2.05, 4.69) is 9.69 Å². The number of para-hydroxylation sites is 1. The predicted molar refractivity (Wildman–Crippen MR) is 61.3 cm³/mol. The molecule has 2 aromatic rings. The van der Waals surface area contributed by atoms with Crippen LogP contribution < -0.4 is 10.1 Å². The van der Waals surface area contributed by atoms with Crippen molar-refractivity contribution in [3.63, 3.8) is 0 Å². The van der Waals surface area contributed by atoms with Crippen molar-refractivity contribution in [2.75, 3.05) is 5.32 Å². The van der Waals surface area contributed by atoms with E-state index in [-0.39, 0.29) is 5.82 Å². The van der Waals surface area contributed by atoms with E-state index in [0.717, 1.165) is 0 Å². The van der Waals surface area contributed by atoms with Crippen molar-refractivity contribution in [2.24, 2.45) is 0 Å². The van der Waals surface area contributed by atoms with E-state index >= 15 is 0 Å². The molecule has 0 spiro atoms. The van der Waals surface area contributed by atoms with E-state index in [1.165, 1.54) is 0 Å². The van der Waals surface area contributed by atoms with Crippen molar-refractivity contribution < 1.29 is 4.92 Å². The van der Waals surface area contributed by atoms with Crippen molar-refractivity contribution >= 4 is 28.7 Å². The van der Waals surface area contributed by atoms with Crippen molar-refractivity contribution in [1.29, 1.82) is 0 Å². The molecule has 0 saturated carbocycles. The number of benzene rings is 1. The maximum atomic E-state index is 11.2. The van der Waals surface area contributed by atoms with Crippen molar-refractivity contribution in [1.82, 2.24) is 4.37 Å². The lowest BCUT2D eigenvalue weighted by Gasteiger charge is -2.01.